The quantitative estimate of drug-likeness (QED) is 0.382. The fraction of sp³-hybridized carbons (Fsp3) is 0.500. The molecule has 1 saturated heterocycles. The molecule has 1 unspecified atom stereocenters. The van der Waals surface area contributed by atoms with Gasteiger partial charge in [-0.05, 0) is 51.2 Å². The van der Waals surface area contributed by atoms with Gasteiger partial charge in [-0.1, -0.05) is 12.1 Å². The maximum absolute atomic E-state index is 13.9. The number of nitrogens with two attached hydrogens (primary N) is 1. The van der Waals surface area contributed by atoms with Gasteiger partial charge in [0.1, 0.15) is 11.3 Å². The summed E-state index contributed by atoms with van der Waals surface area (Å²) in [6.07, 6.45) is -0.0322. The number of carbonyl (C=O) groups is 5. The predicted molar refractivity (Wildman–Crippen MR) is 145 cm³/mol. The average molecular weight is 571 g/mol. The highest BCUT2D eigenvalue weighted by Crippen LogP contribution is 2.44. The second-order valence-corrected chi connectivity index (χ2v) is 10.3. The number of pyridine rings is 1. The number of hydrogen-bond acceptors (Lipinski definition) is 8. The molecular formula is C28H34N4O9. The summed E-state index contributed by atoms with van der Waals surface area (Å²) in [5, 5.41) is 19.8. The Kier molecular flexibility index (Phi) is 8.64. The lowest BCUT2D eigenvalue weighted by Gasteiger charge is -2.39. The summed E-state index contributed by atoms with van der Waals surface area (Å²) in [7, 11) is 0. The number of amides is 3. The first kappa shape index (κ1) is 29.6. The number of carbonyl (C=O) groups excluding carboxylic acids is 3. The van der Waals surface area contributed by atoms with E-state index in [4.69, 9.17) is 15.2 Å². The molecule has 2 heterocycles. The van der Waals surface area contributed by atoms with Crippen molar-refractivity contribution in [3.63, 3.8) is 0 Å². The number of aromatic nitrogens is 1. The topological polar surface area (TPSA) is 190 Å². The number of primary amides is 1. The molecule has 1 aromatic heterocycles. The van der Waals surface area contributed by atoms with E-state index in [9.17, 15) is 34.2 Å². The van der Waals surface area contributed by atoms with Crippen molar-refractivity contribution in [3.05, 3.63) is 35.0 Å². The molecule has 220 valence electrons. The largest absolute Gasteiger partial charge is 0.481 e. The van der Waals surface area contributed by atoms with Crippen molar-refractivity contribution >= 4 is 40.7 Å². The number of ether oxygens (including phenoxy) is 2. The average Bonchev–Trinajstić information content (AvgIpc) is 2.90. The number of aliphatic carboxylic acids is 2. The van der Waals surface area contributed by atoms with E-state index in [1.807, 2.05) is 0 Å². The minimum Gasteiger partial charge on any atom is -0.481 e. The fourth-order valence-electron chi connectivity index (χ4n) is 5.30. The molecule has 1 atom stereocenters. The number of nitrogens with zero attached hydrogens (tertiary/aromatic N) is 3. The molecule has 13 nitrogen and oxygen atoms in total. The number of fused-ring (bicyclic) bond motifs is 1. The van der Waals surface area contributed by atoms with Crippen molar-refractivity contribution < 1.29 is 43.7 Å². The summed E-state index contributed by atoms with van der Waals surface area (Å²) in [4.78, 5) is 70.5. The van der Waals surface area contributed by atoms with Gasteiger partial charge < -0.3 is 35.2 Å². The summed E-state index contributed by atoms with van der Waals surface area (Å²) in [5.74, 6) is -5.07. The number of hydrogen-bond donors (Lipinski definition) is 3. The fourth-order valence-corrected chi connectivity index (χ4v) is 5.30. The Hall–Kier alpha value is -4.42. The lowest BCUT2D eigenvalue weighted by atomic mass is 9.79. The van der Waals surface area contributed by atoms with Crippen molar-refractivity contribution in [2.45, 2.75) is 57.5 Å². The molecule has 1 aromatic carbocycles. The number of piperazine rings is 1. The highest BCUT2D eigenvalue weighted by Gasteiger charge is 2.48. The van der Waals surface area contributed by atoms with Crippen LogP contribution in [0.2, 0.25) is 0 Å². The molecule has 1 aliphatic carbocycles. The maximum atomic E-state index is 13.9. The smallest absolute Gasteiger partial charge is 0.409 e. The van der Waals surface area contributed by atoms with Gasteiger partial charge in [0.05, 0.1) is 23.7 Å². The van der Waals surface area contributed by atoms with E-state index >= 15 is 0 Å². The summed E-state index contributed by atoms with van der Waals surface area (Å²) in [6, 6.07) is 5.13. The Bertz CT molecular complexity index is 1380. The molecule has 0 spiro atoms. The highest BCUT2D eigenvalue weighted by atomic mass is 16.6. The monoisotopic (exact) mass is 570 g/mol. The zero-order chi connectivity index (χ0) is 29.9. The van der Waals surface area contributed by atoms with E-state index in [-0.39, 0.29) is 69.1 Å². The van der Waals surface area contributed by atoms with Gasteiger partial charge >= 0.3 is 18.0 Å². The van der Waals surface area contributed by atoms with Crippen LogP contribution in [0.5, 0.6) is 5.75 Å². The van der Waals surface area contributed by atoms with E-state index in [1.54, 1.807) is 32.0 Å². The Morgan fingerprint density at radius 1 is 1.07 bits per heavy atom. The van der Waals surface area contributed by atoms with Crippen LogP contribution in [0.15, 0.2) is 18.2 Å². The highest BCUT2D eigenvalue weighted by molar-refractivity contribution is 6.05. The lowest BCUT2D eigenvalue weighted by Crippen LogP contribution is -2.52. The summed E-state index contributed by atoms with van der Waals surface area (Å²) in [6.45, 7) is 4.39. The third kappa shape index (κ3) is 5.88. The molecule has 4 N–H and O–H groups in total. The molecule has 3 amide bonds. The van der Waals surface area contributed by atoms with Crippen LogP contribution in [0.25, 0.3) is 10.9 Å². The number of carboxylic acids is 2. The van der Waals surface area contributed by atoms with Crippen LogP contribution in [0.1, 0.15) is 66.6 Å². The van der Waals surface area contributed by atoms with Crippen LogP contribution in [-0.2, 0) is 19.1 Å². The van der Waals surface area contributed by atoms with E-state index in [0.717, 1.165) is 0 Å². The zero-order valence-corrected chi connectivity index (χ0v) is 23.1. The zero-order valence-electron chi connectivity index (χ0n) is 23.1. The number of benzene rings is 1. The van der Waals surface area contributed by atoms with E-state index in [2.05, 4.69) is 4.98 Å². The third-order valence-corrected chi connectivity index (χ3v) is 7.69. The number of carboxylic acid groups (broad SMARTS) is 2. The molecule has 2 aliphatic rings. The standard InChI is InChI=1S/C28H34N4O9/c1-3-40-27(39)32-14-12-31(13-15-32)25(36)17(8-9-19(33)34)22-21(24(29)35)23(41-28(26(37)38)10-5-11-28)20-16(2)6-4-7-18(20)30-22/h4,6-7,17H,3,5,8-15H2,1-2H3,(H2,29,35)(H,33,34)(H,37,38). The van der Waals surface area contributed by atoms with Crippen molar-refractivity contribution in [2.75, 3.05) is 32.8 Å². The molecule has 1 saturated carbocycles. The molecule has 0 radical (unpaired) electrons. The summed E-state index contributed by atoms with van der Waals surface area (Å²) < 4.78 is 11.2. The van der Waals surface area contributed by atoms with Crippen LogP contribution < -0.4 is 10.5 Å². The Labute approximate surface area is 236 Å². The van der Waals surface area contributed by atoms with Crippen molar-refractivity contribution in [1.29, 1.82) is 0 Å². The first-order valence-corrected chi connectivity index (χ1v) is 13.6. The first-order chi connectivity index (χ1) is 19.5. The second kappa shape index (κ2) is 12.0. The molecule has 13 heteroatoms. The second-order valence-electron chi connectivity index (χ2n) is 10.3. The molecule has 2 fully saturated rings. The number of aryl methyl sites for hydroxylation is 1. The van der Waals surface area contributed by atoms with Crippen molar-refractivity contribution in [3.8, 4) is 5.75 Å². The normalized spacial score (nSPS) is 16.9. The lowest BCUT2D eigenvalue weighted by molar-refractivity contribution is -0.163. The molecule has 2 aromatic rings. The van der Waals surface area contributed by atoms with Gasteiger partial charge in [-0.3, -0.25) is 19.4 Å². The van der Waals surface area contributed by atoms with Crippen LogP contribution in [0.3, 0.4) is 0 Å². The minimum atomic E-state index is -1.57. The van der Waals surface area contributed by atoms with E-state index < -0.39 is 47.8 Å². The molecule has 0 bridgehead atoms. The van der Waals surface area contributed by atoms with Gasteiger partial charge in [0.2, 0.25) is 11.5 Å². The predicted octanol–water partition coefficient (Wildman–Crippen LogP) is 2.28. The van der Waals surface area contributed by atoms with Gasteiger partial charge in [0.25, 0.3) is 5.91 Å². The maximum Gasteiger partial charge on any atom is 0.409 e. The molecule has 1 aliphatic heterocycles. The Balaban J connectivity index is 1.82. The molecular weight excluding hydrogens is 536 g/mol. The molecule has 41 heavy (non-hydrogen) atoms. The van der Waals surface area contributed by atoms with E-state index in [1.165, 1.54) is 9.80 Å². The van der Waals surface area contributed by atoms with Gasteiger partial charge in [-0.2, -0.15) is 0 Å². The Morgan fingerprint density at radius 2 is 1.73 bits per heavy atom. The number of rotatable bonds is 10. The Morgan fingerprint density at radius 3 is 2.27 bits per heavy atom. The summed E-state index contributed by atoms with van der Waals surface area (Å²) >= 11 is 0. The molecule has 4 rings (SSSR count). The first-order valence-electron chi connectivity index (χ1n) is 13.6. The van der Waals surface area contributed by atoms with Crippen LogP contribution in [0.4, 0.5) is 4.79 Å². The summed E-state index contributed by atoms with van der Waals surface area (Å²) in [5.41, 5.74) is 4.98. The third-order valence-electron chi connectivity index (χ3n) is 7.69. The van der Waals surface area contributed by atoms with Crippen LogP contribution in [0, 0.1) is 6.92 Å². The van der Waals surface area contributed by atoms with Gasteiger partial charge in [-0.15, -0.1) is 0 Å². The minimum absolute atomic E-state index is 0.0652. The van der Waals surface area contributed by atoms with Crippen LogP contribution >= 0.6 is 0 Å². The van der Waals surface area contributed by atoms with Crippen molar-refractivity contribution in [1.82, 2.24) is 14.8 Å². The van der Waals surface area contributed by atoms with Gasteiger partial charge in [-0.25, -0.2) is 9.59 Å². The van der Waals surface area contributed by atoms with Crippen LogP contribution in [-0.4, -0.2) is 93.2 Å². The SMILES string of the molecule is CCOC(=O)N1CCN(C(=O)C(CCC(=O)O)c2nc3cccc(C)c3c(OC3(C(=O)O)CCC3)c2C(N)=O)CC1. The van der Waals surface area contributed by atoms with E-state index in [0.29, 0.717) is 22.9 Å². The van der Waals surface area contributed by atoms with Crippen molar-refractivity contribution in [2.24, 2.45) is 5.73 Å². The van der Waals surface area contributed by atoms with Gasteiger partial charge in [0.15, 0.2) is 0 Å². The van der Waals surface area contributed by atoms with Gasteiger partial charge in [0, 0.05) is 38.0 Å².